The van der Waals surface area contributed by atoms with Gasteiger partial charge in [-0.1, -0.05) is 30.3 Å². The number of amides is 1. The Bertz CT molecular complexity index is 705. The van der Waals surface area contributed by atoms with Gasteiger partial charge in [-0.25, -0.2) is 0 Å². The standard InChI is InChI=1S/C20H25N3O2/c1-15-9-18(11-21-10-15)20(25)22-19-13-23(8-7-17(19)14-24)12-16-5-3-2-4-6-16/h2-6,9-11,17,19,24H,7-8,12-14H2,1H3,(H,22,25)/t17-,19-/m1/s1. The molecule has 1 aliphatic rings. The van der Waals surface area contributed by atoms with Crippen LogP contribution in [0, 0.1) is 12.8 Å². The summed E-state index contributed by atoms with van der Waals surface area (Å²) in [4.78, 5) is 19.0. The van der Waals surface area contributed by atoms with Gasteiger partial charge in [-0.3, -0.25) is 14.7 Å². The minimum atomic E-state index is -0.124. The van der Waals surface area contributed by atoms with E-state index in [1.807, 2.05) is 31.2 Å². The van der Waals surface area contributed by atoms with Crippen LogP contribution in [0.3, 0.4) is 0 Å². The van der Waals surface area contributed by atoms with Gasteiger partial charge < -0.3 is 10.4 Å². The molecular formula is C20H25N3O2. The van der Waals surface area contributed by atoms with Crippen LogP contribution in [0.4, 0.5) is 0 Å². The number of aliphatic hydroxyl groups excluding tert-OH is 1. The zero-order valence-electron chi connectivity index (χ0n) is 14.6. The summed E-state index contributed by atoms with van der Waals surface area (Å²) < 4.78 is 0. The fourth-order valence-corrected chi connectivity index (χ4v) is 3.37. The van der Waals surface area contributed by atoms with Crippen LogP contribution in [0.25, 0.3) is 0 Å². The van der Waals surface area contributed by atoms with Gasteiger partial charge in [-0.15, -0.1) is 0 Å². The van der Waals surface area contributed by atoms with Crippen LogP contribution >= 0.6 is 0 Å². The first-order valence-corrected chi connectivity index (χ1v) is 8.75. The summed E-state index contributed by atoms with van der Waals surface area (Å²) in [7, 11) is 0. The maximum Gasteiger partial charge on any atom is 0.253 e. The van der Waals surface area contributed by atoms with Crippen LogP contribution in [0.5, 0.6) is 0 Å². The number of rotatable bonds is 5. The molecule has 0 radical (unpaired) electrons. The Labute approximate surface area is 148 Å². The van der Waals surface area contributed by atoms with Crippen molar-refractivity contribution in [1.82, 2.24) is 15.2 Å². The average molecular weight is 339 g/mol. The molecule has 1 saturated heterocycles. The molecule has 2 heterocycles. The monoisotopic (exact) mass is 339 g/mol. The third kappa shape index (κ3) is 4.65. The van der Waals surface area contributed by atoms with Crippen molar-refractivity contribution in [2.75, 3.05) is 19.7 Å². The lowest BCUT2D eigenvalue weighted by atomic mass is 9.91. The molecule has 1 aromatic carbocycles. The lowest BCUT2D eigenvalue weighted by Crippen LogP contribution is -2.53. The van der Waals surface area contributed by atoms with E-state index in [0.29, 0.717) is 5.56 Å². The highest BCUT2D eigenvalue weighted by molar-refractivity contribution is 5.94. The maximum absolute atomic E-state index is 12.5. The normalized spacial score (nSPS) is 21.0. The van der Waals surface area contributed by atoms with Gasteiger partial charge in [0, 0.05) is 44.0 Å². The first-order chi connectivity index (χ1) is 12.2. The molecule has 1 aromatic heterocycles. The number of benzene rings is 1. The molecule has 2 aromatic rings. The number of likely N-dealkylation sites (tertiary alicyclic amines) is 1. The van der Waals surface area contributed by atoms with Gasteiger partial charge in [-0.2, -0.15) is 0 Å². The molecule has 2 atom stereocenters. The number of nitrogens with one attached hydrogen (secondary N) is 1. The number of hydrogen-bond donors (Lipinski definition) is 2. The van der Waals surface area contributed by atoms with Gasteiger partial charge in [-0.05, 0) is 37.1 Å². The summed E-state index contributed by atoms with van der Waals surface area (Å²) in [5.41, 5.74) is 2.79. The second-order valence-corrected chi connectivity index (χ2v) is 6.78. The van der Waals surface area contributed by atoms with E-state index >= 15 is 0 Å². The van der Waals surface area contributed by atoms with Crippen molar-refractivity contribution in [3.05, 3.63) is 65.5 Å². The van der Waals surface area contributed by atoms with E-state index in [1.165, 1.54) is 5.56 Å². The number of aromatic nitrogens is 1. The highest BCUT2D eigenvalue weighted by atomic mass is 16.3. The Morgan fingerprint density at radius 1 is 1.32 bits per heavy atom. The maximum atomic E-state index is 12.5. The average Bonchev–Trinajstić information content (AvgIpc) is 2.63. The summed E-state index contributed by atoms with van der Waals surface area (Å²) in [6, 6.07) is 12.1. The van der Waals surface area contributed by atoms with E-state index in [1.54, 1.807) is 12.4 Å². The number of pyridine rings is 1. The second-order valence-electron chi connectivity index (χ2n) is 6.78. The van der Waals surface area contributed by atoms with Gasteiger partial charge in [0.1, 0.15) is 0 Å². The third-order valence-corrected chi connectivity index (χ3v) is 4.78. The Kier molecular flexibility index (Phi) is 5.79. The largest absolute Gasteiger partial charge is 0.396 e. The number of hydrogen-bond acceptors (Lipinski definition) is 4. The lowest BCUT2D eigenvalue weighted by molar-refractivity contribution is 0.0730. The van der Waals surface area contributed by atoms with E-state index in [4.69, 9.17) is 0 Å². The van der Waals surface area contributed by atoms with E-state index < -0.39 is 0 Å². The smallest absolute Gasteiger partial charge is 0.253 e. The zero-order chi connectivity index (χ0) is 17.6. The van der Waals surface area contributed by atoms with Crippen molar-refractivity contribution < 1.29 is 9.90 Å². The number of aliphatic hydroxyl groups is 1. The molecule has 1 aliphatic heterocycles. The van der Waals surface area contributed by atoms with Gasteiger partial charge in [0.05, 0.1) is 5.56 Å². The molecule has 25 heavy (non-hydrogen) atoms. The summed E-state index contributed by atoms with van der Waals surface area (Å²) in [5, 5.41) is 12.8. The zero-order valence-corrected chi connectivity index (χ0v) is 14.6. The molecule has 0 saturated carbocycles. The molecule has 0 unspecified atom stereocenters. The molecule has 132 valence electrons. The molecular weight excluding hydrogens is 314 g/mol. The predicted octanol–water partition coefficient (Wildman–Crippen LogP) is 2.00. The van der Waals surface area contributed by atoms with Gasteiger partial charge >= 0.3 is 0 Å². The van der Waals surface area contributed by atoms with Crippen molar-refractivity contribution in [2.45, 2.75) is 25.9 Å². The quantitative estimate of drug-likeness (QED) is 0.874. The lowest BCUT2D eigenvalue weighted by Gasteiger charge is -2.38. The second kappa shape index (κ2) is 8.23. The Morgan fingerprint density at radius 2 is 2.12 bits per heavy atom. The molecule has 0 bridgehead atoms. The van der Waals surface area contributed by atoms with E-state index in [2.05, 4.69) is 27.3 Å². The van der Waals surface area contributed by atoms with Gasteiger partial charge in [0.25, 0.3) is 5.91 Å². The highest BCUT2D eigenvalue weighted by Gasteiger charge is 2.30. The number of carbonyl (C=O) groups excluding carboxylic acids is 1. The van der Waals surface area contributed by atoms with E-state index in [0.717, 1.165) is 31.6 Å². The molecule has 1 fully saturated rings. The molecule has 3 rings (SSSR count). The first kappa shape index (κ1) is 17.6. The Balaban J connectivity index is 1.65. The number of carbonyl (C=O) groups is 1. The van der Waals surface area contributed by atoms with Crippen molar-refractivity contribution in [3.63, 3.8) is 0 Å². The van der Waals surface area contributed by atoms with Crippen LogP contribution in [-0.2, 0) is 6.54 Å². The molecule has 1 amide bonds. The van der Waals surface area contributed by atoms with Crippen LogP contribution in [0.2, 0.25) is 0 Å². The van der Waals surface area contributed by atoms with Crippen molar-refractivity contribution >= 4 is 5.91 Å². The van der Waals surface area contributed by atoms with Crippen molar-refractivity contribution in [2.24, 2.45) is 5.92 Å². The fourth-order valence-electron chi connectivity index (χ4n) is 3.37. The van der Waals surface area contributed by atoms with Crippen LogP contribution in [0.15, 0.2) is 48.8 Å². The molecule has 0 spiro atoms. The number of nitrogens with zero attached hydrogens (tertiary/aromatic N) is 2. The van der Waals surface area contributed by atoms with E-state index in [9.17, 15) is 9.90 Å². The number of piperidine rings is 1. The van der Waals surface area contributed by atoms with Crippen LogP contribution in [-0.4, -0.2) is 46.6 Å². The Hall–Kier alpha value is -2.24. The van der Waals surface area contributed by atoms with Gasteiger partial charge in [0.2, 0.25) is 0 Å². The van der Waals surface area contributed by atoms with Crippen molar-refractivity contribution in [1.29, 1.82) is 0 Å². The summed E-state index contributed by atoms with van der Waals surface area (Å²) in [5.74, 6) is -0.0325. The topological polar surface area (TPSA) is 65.5 Å². The Morgan fingerprint density at radius 3 is 2.84 bits per heavy atom. The first-order valence-electron chi connectivity index (χ1n) is 8.75. The highest BCUT2D eigenvalue weighted by Crippen LogP contribution is 2.20. The van der Waals surface area contributed by atoms with Gasteiger partial charge in [0.15, 0.2) is 0 Å². The van der Waals surface area contributed by atoms with Crippen LogP contribution < -0.4 is 5.32 Å². The molecule has 5 nitrogen and oxygen atoms in total. The van der Waals surface area contributed by atoms with Crippen molar-refractivity contribution in [3.8, 4) is 0 Å². The third-order valence-electron chi connectivity index (χ3n) is 4.78. The minimum absolute atomic E-state index is 0.0597. The molecule has 5 heteroatoms. The molecule has 2 N–H and O–H groups in total. The SMILES string of the molecule is Cc1cncc(C(=O)N[C@@H]2CN(Cc3ccccc3)CC[C@@H]2CO)c1. The summed E-state index contributed by atoms with van der Waals surface area (Å²) in [6.07, 6.45) is 4.19. The van der Waals surface area contributed by atoms with E-state index in [-0.39, 0.29) is 24.5 Å². The van der Waals surface area contributed by atoms with Crippen LogP contribution in [0.1, 0.15) is 27.9 Å². The summed E-state index contributed by atoms with van der Waals surface area (Å²) >= 11 is 0. The predicted molar refractivity (Wildman–Crippen MR) is 97.1 cm³/mol. The number of aryl methyl sites for hydroxylation is 1. The minimum Gasteiger partial charge on any atom is -0.396 e. The molecule has 0 aliphatic carbocycles. The fraction of sp³-hybridized carbons (Fsp3) is 0.400. The summed E-state index contributed by atoms with van der Waals surface area (Å²) in [6.45, 7) is 4.54.